The molecule has 0 aliphatic carbocycles. The van der Waals surface area contributed by atoms with Crippen LogP contribution in [0.25, 0.3) is 0 Å². The first-order valence-corrected chi connectivity index (χ1v) is 6.89. The molecule has 1 unspecified atom stereocenters. The summed E-state index contributed by atoms with van der Waals surface area (Å²) in [6.07, 6.45) is 1.28. The molecule has 1 atom stereocenters. The molecule has 1 rings (SSSR count). The van der Waals surface area contributed by atoms with E-state index in [0.29, 0.717) is 0 Å². The Morgan fingerprint density at radius 3 is 2.43 bits per heavy atom. The zero-order valence-electron chi connectivity index (χ0n) is 11.4. The van der Waals surface area contributed by atoms with Crippen LogP contribution >= 0.6 is 23.2 Å². The molecule has 21 heavy (non-hydrogen) atoms. The lowest BCUT2D eigenvalue weighted by atomic mass is 10.1. The van der Waals surface area contributed by atoms with E-state index in [-0.39, 0.29) is 28.8 Å². The molecule has 0 aromatic carbocycles. The van der Waals surface area contributed by atoms with Crippen molar-refractivity contribution in [2.75, 3.05) is 6.61 Å². The van der Waals surface area contributed by atoms with Crippen LogP contribution in [0.5, 0.6) is 0 Å². The molecule has 114 valence electrons. The highest BCUT2D eigenvalue weighted by atomic mass is 35.5. The maximum Gasteiger partial charge on any atom is 0.347 e. The molecule has 1 heterocycles. The van der Waals surface area contributed by atoms with Crippen molar-refractivity contribution >= 4 is 41.1 Å². The molecule has 0 aliphatic heterocycles. The Bertz CT molecular complexity index is 561. The van der Waals surface area contributed by atoms with Gasteiger partial charge in [-0.3, -0.25) is 9.59 Å². The van der Waals surface area contributed by atoms with Crippen molar-refractivity contribution < 1.29 is 23.9 Å². The predicted octanol–water partition coefficient (Wildman–Crippen LogP) is 2.66. The zero-order valence-corrected chi connectivity index (χ0v) is 12.9. The smallest absolute Gasteiger partial charge is 0.347 e. The summed E-state index contributed by atoms with van der Waals surface area (Å²) < 4.78 is 9.37. The van der Waals surface area contributed by atoms with Crippen LogP contribution in [0.3, 0.4) is 0 Å². The van der Waals surface area contributed by atoms with Crippen LogP contribution in [0.2, 0.25) is 10.2 Å². The first-order chi connectivity index (χ1) is 9.90. The van der Waals surface area contributed by atoms with E-state index in [1.165, 1.54) is 6.07 Å². The van der Waals surface area contributed by atoms with E-state index in [1.54, 1.807) is 13.8 Å². The Hall–Kier alpha value is -1.66. The highest BCUT2D eigenvalue weighted by Gasteiger charge is 2.30. The second-order valence-electron chi connectivity index (χ2n) is 3.92. The summed E-state index contributed by atoms with van der Waals surface area (Å²) in [5.74, 6) is -3.82. The van der Waals surface area contributed by atoms with Gasteiger partial charge in [0.05, 0.1) is 17.2 Å². The Labute approximate surface area is 131 Å². The summed E-state index contributed by atoms with van der Waals surface area (Å²) in [5, 5.41) is 0.0773. The molecule has 0 radical (unpaired) electrons. The summed E-state index contributed by atoms with van der Waals surface area (Å²) in [5.41, 5.74) is -0.0449. The molecule has 0 aliphatic rings. The predicted molar refractivity (Wildman–Crippen MR) is 75.1 cm³/mol. The van der Waals surface area contributed by atoms with Crippen molar-refractivity contribution in [3.05, 3.63) is 28.0 Å². The van der Waals surface area contributed by atoms with Crippen LogP contribution in [0, 0.1) is 5.92 Å². The van der Waals surface area contributed by atoms with Gasteiger partial charge in [0.15, 0.2) is 5.92 Å². The minimum Gasteiger partial charge on any atom is -0.465 e. The summed E-state index contributed by atoms with van der Waals surface area (Å²) in [6, 6.07) is 1.22. The van der Waals surface area contributed by atoms with Gasteiger partial charge in [0.1, 0.15) is 5.15 Å². The Balaban J connectivity index is 2.78. The van der Waals surface area contributed by atoms with Gasteiger partial charge in [-0.25, -0.2) is 9.78 Å². The topological polar surface area (TPSA) is 82.6 Å². The fourth-order valence-corrected chi connectivity index (χ4v) is 1.70. The highest BCUT2D eigenvalue weighted by Crippen LogP contribution is 2.20. The maximum atomic E-state index is 11.8. The molecule has 0 saturated heterocycles. The van der Waals surface area contributed by atoms with Crippen LogP contribution in [0.15, 0.2) is 12.3 Å². The third-order valence-electron chi connectivity index (χ3n) is 2.49. The SMILES string of the molecule is CCOC(=O)C(CC)C(=O)OC(=O)c1cnc(Cl)c(Cl)c1. The average Bonchev–Trinajstić information content (AvgIpc) is 2.42. The van der Waals surface area contributed by atoms with E-state index in [2.05, 4.69) is 9.72 Å². The largest absolute Gasteiger partial charge is 0.465 e. The number of nitrogens with zero attached hydrogens (tertiary/aromatic N) is 1. The second kappa shape index (κ2) is 7.95. The van der Waals surface area contributed by atoms with Crippen molar-refractivity contribution in [1.82, 2.24) is 4.98 Å². The minimum absolute atomic E-state index is 0.0255. The molecule has 0 spiro atoms. The number of pyridine rings is 1. The lowest BCUT2D eigenvalue weighted by molar-refractivity contribution is -0.158. The number of hydrogen-bond donors (Lipinski definition) is 0. The minimum atomic E-state index is -1.15. The van der Waals surface area contributed by atoms with Gasteiger partial charge in [-0.1, -0.05) is 30.1 Å². The van der Waals surface area contributed by atoms with Crippen molar-refractivity contribution in [3.8, 4) is 0 Å². The number of carbonyl (C=O) groups excluding carboxylic acids is 3. The van der Waals surface area contributed by atoms with Gasteiger partial charge in [-0.05, 0) is 19.4 Å². The molecular formula is C13H13Cl2NO5. The lowest BCUT2D eigenvalue weighted by Crippen LogP contribution is -2.29. The van der Waals surface area contributed by atoms with Gasteiger partial charge in [0.25, 0.3) is 0 Å². The van der Waals surface area contributed by atoms with Crippen molar-refractivity contribution in [1.29, 1.82) is 0 Å². The second-order valence-corrected chi connectivity index (χ2v) is 4.68. The summed E-state index contributed by atoms with van der Waals surface area (Å²) in [7, 11) is 0. The van der Waals surface area contributed by atoms with Crippen molar-refractivity contribution in [2.45, 2.75) is 20.3 Å². The molecule has 0 saturated carbocycles. The fourth-order valence-electron chi connectivity index (χ4n) is 1.43. The van der Waals surface area contributed by atoms with E-state index in [0.717, 1.165) is 6.20 Å². The highest BCUT2D eigenvalue weighted by molar-refractivity contribution is 6.41. The number of esters is 3. The average molecular weight is 334 g/mol. The molecule has 0 N–H and O–H groups in total. The number of ether oxygens (including phenoxy) is 2. The number of halogens is 2. The molecular weight excluding hydrogens is 321 g/mol. The molecule has 1 aromatic heterocycles. The number of hydrogen-bond acceptors (Lipinski definition) is 6. The van der Waals surface area contributed by atoms with E-state index in [4.69, 9.17) is 27.9 Å². The van der Waals surface area contributed by atoms with Gasteiger partial charge in [-0.2, -0.15) is 0 Å². The molecule has 8 heteroatoms. The summed E-state index contributed by atoms with van der Waals surface area (Å²) in [6.45, 7) is 3.35. The van der Waals surface area contributed by atoms with Gasteiger partial charge in [-0.15, -0.1) is 0 Å². The van der Waals surface area contributed by atoms with Crippen LogP contribution in [0.1, 0.15) is 30.6 Å². The number of carbonyl (C=O) groups is 3. The van der Waals surface area contributed by atoms with Crippen LogP contribution in [-0.2, 0) is 19.1 Å². The first kappa shape index (κ1) is 17.4. The normalized spacial score (nSPS) is 11.6. The fraction of sp³-hybridized carbons (Fsp3) is 0.385. The molecule has 6 nitrogen and oxygen atoms in total. The Kier molecular flexibility index (Phi) is 6.58. The molecule has 0 amide bonds. The van der Waals surface area contributed by atoms with Gasteiger partial charge >= 0.3 is 17.9 Å². The van der Waals surface area contributed by atoms with Crippen LogP contribution < -0.4 is 0 Å². The lowest BCUT2D eigenvalue weighted by Gasteiger charge is -2.11. The van der Waals surface area contributed by atoms with E-state index in [1.807, 2.05) is 0 Å². The molecule has 1 aromatic rings. The number of rotatable bonds is 5. The Morgan fingerprint density at radius 2 is 1.90 bits per heavy atom. The monoisotopic (exact) mass is 333 g/mol. The first-order valence-electron chi connectivity index (χ1n) is 6.14. The van der Waals surface area contributed by atoms with E-state index < -0.39 is 23.8 Å². The quantitative estimate of drug-likeness (QED) is 0.468. The van der Waals surface area contributed by atoms with Crippen molar-refractivity contribution in [3.63, 3.8) is 0 Å². The van der Waals surface area contributed by atoms with Crippen LogP contribution in [0.4, 0.5) is 0 Å². The zero-order chi connectivity index (χ0) is 16.0. The summed E-state index contributed by atoms with van der Waals surface area (Å²) >= 11 is 11.3. The van der Waals surface area contributed by atoms with Gasteiger partial charge in [0, 0.05) is 6.20 Å². The van der Waals surface area contributed by atoms with Gasteiger partial charge < -0.3 is 9.47 Å². The van der Waals surface area contributed by atoms with Crippen LogP contribution in [-0.4, -0.2) is 29.5 Å². The standard InChI is InChI=1S/C13H13Cl2NO5/c1-3-8(12(18)20-4-2)13(19)21-11(17)7-5-9(14)10(15)16-6-7/h5-6,8H,3-4H2,1-2H3. The van der Waals surface area contributed by atoms with E-state index >= 15 is 0 Å². The third-order valence-corrected chi connectivity index (χ3v) is 3.18. The molecule has 0 fully saturated rings. The number of aromatic nitrogens is 1. The molecule has 0 bridgehead atoms. The van der Waals surface area contributed by atoms with E-state index in [9.17, 15) is 14.4 Å². The Morgan fingerprint density at radius 1 is 1.24 bits per heavy atom. The van der Waals surface area contributed by atoms with Gasteiger partial charge in [0.2, 0.25) is 0 Å². The maximum absolute atomic E-state index is 11.8. The summed E-state index contributed by atoms with van der Waals surface area (Å²) in [4.78, 5) is 38.8. The van der Waals surface area contributed by atoms with Crippen molar-refractivity contribution in [2.24, 2.45) is 5.92 Å². The third kappa shape index (κ3) is 4.68.